The Labute approximate surface area is 138 Å². The van der Waals surface area contributed by atoms with Gasteiger partial charge in [-0.15, -0.1) is 0 Å². The second-order valence-corrected chi connectivity index (χ2v) is 8.23. The van der Waals surface area contributed by atoms with Gasteiger partial charge in [0.05, 0.1) is 4.90 Å². The predicted molar refractivity (Wildman–Crippen MR) is 90.3 cm³/mol. The molecule has 1 heterocycles. The fraction of sp³-hybridized carbons (Fsp3) is 0.125. The molecule has 0 bridgehead atoms. The van der Waals surface area contributed by atoms with Crippen molar-refractivity contribution in [1.29, 1.82) is 0 Å². The first kappa shape index (κ1) is 16.0. The third-order valence-corrected chi connectivity index (χ3v) is 5.77. The van der Waals surface area contributed by atoms with Crippen LogP contribution in [0, 0.1) is 5.82 Å². The van der Waals surface area contributed by atoms with Gasteiger partial charge in [0, 0.05) is 5.70 Å². The lowest BCUT2D eigenvalue weighted by Crippen LogP contribution is -2.31. The summed E-state index contributed by atoms with van der Waals surface area (Å²) in [5, 5.41) is 10.5. The van der Waals surface area contributed by atoms with Gasteiger partial charge < -0.3 is 5.32 Å². The first-order valence-electron chi connectivity index (χ1n) is 6.83. The van der Waals surface area contributed by atoms with Gasteiger partial charge in [0.25, 0.3) is 0 Å². The second kappa shape index (κ2) is 5.67. The Morgan fingerprint density at radius 2 is 1.70 bits per heavy atom. The van der Waals surface area contributed by atoms with Gasteiger partial charge in [-0.25, -0.2) is 17.9 Å². The van der Waals surface area contributed by atoms with Crippen LogP contribution in [0.5, 0.6) is 0 Å². The Morgan fingerprint density at radius 3 is 2.26 bits per heavy atom. The standard InChI is InChI=1S/C16H15FN2O2S2/c1-16(12-4-8-14(9-5-12)23(18,20)21)19-15(10-22-16)11-2-6-13(17)7-3-11/h2-10,19H,1H3,(H2,18,20,21)/t16-/m0/s1. The van der Waals surface area contributed by atoms with E-state index < -0.39 is 14.9 Å². The molecule has 1 atom stereocenters. The molecule has 1 aliphatic heterocycles. The molecule has 0 spiro atoms. The van der Waals surface area contributed by atoms with Crippen molar-refractivity contribution >= 4 is 27.5 Å². The van der Waals surface area contributed by atoms with E-state index in [4.69, 9.17) is 5.14 Å². The number of nitrogens with one attached hydrogen (secondary N) is 1. The van der Waals surface area contributed by atoms with Gasteiger partial charge in [0.2, 0.25) is 10.0 Å². The molecule has 0 amide bonds. The summed E-state index contributed by atoms with van der Waals surface area (Å²) in [5.74, 6) is -0.277. The van der Waals surface area contributed by atoms with Crippen LogP contribution < -0.4 is 10.5 Å². The van der Waals surface area contributed by atoms with E-state index in [1.165, 1.54) is 24.3 Å². The van der Waals surface area contributed by atoms with E-state index in [1.807, 2.05) is 12.3 Å². The zero-order valence-corrected chi connectivity index (χ0v) is 13.9. The van der Waals surface area contributed by atoms with E-state index in [0.717, 1.165) is 16.8 Å². The van der Waals surface area contributed by atoms with Gasteiger partial charge in [-0.2, -0.15) is 0 Å². The summed E-state index contributed by atoms with van der Waals surface area (Å²) in [4.78, 5) is -0.347. The van der Waals surface area contributed by atoms with Gasteiger partial charge in [-0.3, -0.25) is 0 Å². The molecule has 4 nitrogen and oxygen atoms in total. The van der Waals surface area contributed by atoms with Crippen LogP contribution in [0.25, 0.3) is 5.70 Å². The van der Waals surface area contributed by atoms with Crippen molar-refractivity contribution in [3.05, 3.63) is 70.9 Å². The third-order valence-electron chi connectivity index (χ3n) is 3.67. The van der Waals surface area contributed by atoms with Crippen molar-refractivity contribution in [3.63, 3.8) is 0 Å². The van der Waals surface area contributed by atoms with Gasteiger partial charge >= 0.3 is 0 Å². The first-order chi connectivity index (χ1) is 10.8. The van der Waals surface area contributed by atoms with Crippen molar-refractivity contribution in [2.45, 2.75) is 16.7 Å². The minimum absolute atomic E-state index is 0.0829. The van der Waals surface area contributed by atoms with Crippen LogP contribution >= 0.6 is 11.8 Å². The van der Waals surface area contributed by atoms with E-state index in [1.54, 1.807) is 36.0 Å². The van der Waals surface area contributed by atoms with Crippen LogP contribution in [0.3, 0.4) is 0 Å². The molecule has 0 fully saturated rings. The van der Waals surface area contributed by atoms with Gasteiger partial charge in [0.1, 0.15) is 10.7 Å². The SMILES string of the molecule is C[C@]1(c2ccc(S(N)(=O)=O)cc2)NC(c2ccc(F)cc2)=CS1. The predicted octanol–water partition coefficient (Wildman–Crippen LogP) is 2.98. The van der Waals surface area contributed by atoms with Gasteiger partial charge in [-0.05, 0) is 59.9 Å². The zero-order valence-electron chi connectivity index (χ0n) is 12.3. The van der Waals surface area contributed by atoms with E-state index >= 15 is 0 Å². The van der Waals surface area contributed by atoms with Crippen molar-refractivity contribution in [2.24, 2.45) is 5.14 Å². The highest BCUT2D eigenvalue weighted by Crippen LogP contribution is 2.42. The largest absolute Gasteiger partial charge is 0.366 e. The van der Waals surface area contributed by atoms with Crippen LogP contribution in [0.1, 0.15) is 18.1 Å². The molecule has 7 heteroatoms. The van der Waals surface area contributed by atoms with Gasteiger partial charge in [-0.1, -0.05) is 23.9 Å². The summed E-state index contributed by atoms with van der Waals surface area (Å²) < 4.78 is 35.7. The van der Waals surface area contributed by atoms with E-state index in [-0.39, 0.29) is 10.7 Å². The molecule has 0 radical (unpaired) electrons. The number of hydrogen-bond donors (Lipinski definition) is 2. The fourth-order valence-electron chi connectivity index (χ4n) is 2.37. The van der Waals surface area contributed by atoms with Gasteiger partial charge in [0.15, 0.2) is 0 Å². The molecule has 1 aliphatic rings. The molecule has 0 unspecified atom stereocenters. The highest BCUT2D eigenvalue weighted by atomic mass is 32.2. The molecule has 3 rings (SSSR count). The highest BCUT2D eigenvalue weighted by Gasteiger charge is 2.32. The Balaban J connectivity index is 1.83. The lowest BCUT2D eigenvalue weighted by atomic mass is 10.1. The first-order valence-corrected chi connectivity index (χ1v) is 9.26. The number of nitrogens with two attached hydrogens (primary N) is 1. The molecule has 120 valence electrons. The molecule has 0 saturated carbocycles. The maximum Gasteiger partial charge on any atom is 0.238 e. The smallest absolute Gasteiger partial charge is 0.238 e. The second-order valence-electron chi connectivity index (χ2n) is 5.38. The van der Waals surface area contributed by atoms with Crippen LogP contribution in [-0.4, -0.2) is 8.42 Å². The Morgan fingerprint density at radius 1 is 1.09 bits per heavy atom. The fourth-order valence-corrected chi connectivity index (χ4v) is 3.87. The molecule has 0 aliphatic carbocycles. The van der Waals surface area contributed by atoms with Crippen LogP contribution in [0.2, 0.25) is 0 Å². The summed E-state index contributed by atoms with van der Waals surface area (Å²) in [6, 6.07) is 12.7. The Kier molecular flexibility index (Phi) is 3.95. The number of thioether (sulfide) groups is 1. The zero-order chi connectivity index (χ0) is 16.7. The number of halogens is 1. The number of primary sulfonamides is 1. The van der Waals surface area contributed by atoms with Crippen LogP contribution in [0.4, 0.5) is 4.39 Å². The van der Waals surface area contributed by atoms with Crippen LogP contribution in [-0.2, 0) is 14.9 Å². The van der Waals surface area contributed by atoms with E-state index in [0.29, 0.717) is 0 Å². The molecular formula is C16H15FN2O2S2. The summed E-state index contributed by atoms with van der Waals surface area (Å²) in [7, 11) is -3.70. The third kappa shape index (κ3) is 3.26. The number of hydrogen-bond acceptors (Lipinski definition) is 4. The number of benzene rings is 2. The lowest BCUT2D eigenvalue weighted by Gasteiger charge is -2.26. The normalized spacial score (nSPS) is 20.9. The summed E-state index contributed by atoms with van der Waals surface area (Å²) in [6.07, 6.45) is 0. The highest BCUT2D eigenvalue weighted by molar-refractivity contribution is 8.03. The molecule has 2 aromatic rings. The molecular weight excluding hydrogens is 335 g/mol. The molecule has 23 heavy (non-hydrogen) atoms. The Bertz CT molecular complexity index is 862. The quantitative estimate of drug-likeness (QED) is 0.893. The molecule has 3 N–H and O–H groups in total. The summed E-state index contributed by atoms with van der Waals surface area (Å²) >= 11 is 1.57. The van der Waals surface area contributed by atoms with Crippen molar-refractivity contribution in [1.82, 2.24) is 5.32 Å². The summed E-state index contributed by atoms with van der Waals surface area (Å²) in [6.45, 7) is 2.00. The maximum absolute atomic E-state index is 13.0. The average molecular weight is 350 g/mol. The minimum atomic E-state index is -3.70. The monoisotopic (exact) mass is 350 g/mol. The van der Waals surface area contributed by atoms with Crippen molar-refractivity contribution in [2.75, 3.05) is 0 Å². The van der Waals surface area contributed by atoms with Crippen LogP contribution in [0.15, 0.2) is 58.8 Å². The molecule has 0 saturated heterocycles. The summed E-state index contributed by atoms with van der Waals surface area (Å²) in [5.41, 5.74) is 2.71. The van der Waals surface area contributed by atoms with Crippen molar-refractivity contribution in [3.8, 4) is 0 Å². The van der Waals surface area contributed by atoms with E-state index in [2.05, 4.69) is 5.32 Å². The number of sulfonamides is 1. The maximum atomic E-state index is 13.0. The number of rotatable bonds is 3. The molecule has 2 aromatic carbocycles. The Hall–Kier alpha value is -1.83. The average Bonchev–Trinajstić information content (AvgIpc) is 2.91. The topological polar surface area (TPSA) is 72.2 Å². The minimum Gasteiger partial charge on any atom is -0.366 e. The molecule has 0 aromatic heterocycles. The van der Waals surface area contributed by atoms with Crippen molar-refractivity contribution < 1.29 is 12.8 Å². The van der Waals surface area contributed by atoms with E-state index in [9.17, 15) is 12.8 Å². The lowest BCUT2D eigenvalue weighted by molar-refractivity contribution is 0.597.